The van der Waals surface area contributed by atoms with Crippen molar-refractivity contribution in [3.63, 3.8) is 0 Å². The molecular weight excluding hydrogens is 280 g/mol. The second-order valence-electron chi connectivity index (χ2n) is 3.23. The van der Waals surface area contributed by atoms with Crippen molar-refractivity contribution in [2.24, 2.45) is 0 Å². The van der Waals surface area contributed by atoms with Gasteiger partial charge in [-0.25, -0.2) is 8.78 Å². The second-order valence-corrected chi connectivity index (χ2v) is 4.09. The molecule has 0 spiro atoms. The lowest BCUT2D eigenvalue weighted by Gasteiger charge is -2.18. The van der Waals surface area contributed by atoms with Crippen molar-refractivity contribution in [3.05, 3.63) is 33.8 Å². The Balaban J connectivity index is 3.10. The molecule has 1 aromatic rings. The zero-order valence-electron chi connectivity index (χ0n) is 9.06. The van der Waals surface area contributed by atoms with Gasteiger partial charge in [0.25, 0.3) is 5.91 Å². The molecule has 16 heavy (non-hydrogen) atoms. The van der Waals surface area contributed by atoms with Crippen LogP contribution in [0.5, 0.6) is 0 Å². The molecule has 0 aliphatic carbocycles. The first-order valence-electron chi connectivity index (χ1n) is 4.95. The van der Waals surface area contributed by atoms with Crippen molar-refractivity contribution in [3.8, 4) is 0 Å². The van der Waals surface area contributed by atoms with E-state index >= 15 is 0 Å². The Morgan fingerprint density at radius 1 is 1.31 bits per heavy atom. The van der Waals surface area contributed by atoms with Gasteiger partial charge in [-0.2, -0.15) is 0 Å². The van der Waals surface area contributed by atoms with Gasteiger partial charge in [0, 0.05) is 18.7 Å². The highest BCUT2D eigenvalue weighted by atomic mass is 79.9. The SMILES string of the molecule is CCN(CC)C(=O)c1cc(F)c(F)c(Br)c1. The normalized spacial score (nSPS) is 10.3. The van der Waals surface area contributed by atoms with Crippen LogP contribution in [0, 0.1) is 11.6 Å². The largest absolute Gasteiger partial charge is 0.339 e. The van der Waals surface area contributed by atoms with Crippen LogP contribution in [0.4, 0.5) is 8.78 Å². The lowest BCUT2D eigenvalue weighted by Crippen LogP contribution is -2.30. The van der Waals surface area contributed by atoms with E-state index in [4.69, 9.17) is 0 Å². The third-order valence-corrected chi connectivity index (χ3v) is 2.86. The molecule has 1 amide bonds. The summed E-state index contributed by atoms with van der Waals surface area (Å²) < 4.78 is 26.0. The topological polar surface area (TPSA) is 20.3 Å². The zero-order valence-corrected chi connectivity index (χ0v) is 10.6. The van der Waals surface area contributed by atoms with Gasteiger partial charge in [0.15, 0.2) is 11.6 Å². The Morgan fingerprint density at radius 2 is 1.88 bits per heavy atom. The Hall–Kier alpha value is -0.970. The molecule has 0 bridgehead atoms. The molecule has 0 aliphatic heterocycles. The van der Waals surface area contributed by atoms with Crippen LogP contribution in [0.15, 0.2) is 16.6 Å². The van der Waals surface area contributed by atoms with Crippen LogP contribution in [0.25, 0.3) is 0 Å². The average Bonchev–Trinajstić information content (AvgIpc) is 2.26. The van der Waals surface area contributed by atoms with Crippen LogP contribution in [0.3, 0.4) is 0 Å². The lowest BCUT2D eigenvalue weighted by atomic mass is 10.2. The summed E-state index contributed by atoms with van der Waals surface area (Å²) in [5, 5.41) is 0. The van der Waals surface area contributed by atoms with Crippen LogP contribution in [-0.4, -0.2) is 23.9 Å². The molecule has 0 N–H and O–H groups in total. The number of hydrogen-bond acceptors (Lipinski definition) is 1. The van der Waals surface area contributed by atoms with Crippen molar-refractivity contribution in [1.82, 2.24) is 4.90 Å². The quantitative estimate of drug-likeness (QED) is 0.783. The average molecular weight is 292 g/mol. The Labute approximate surface area is 101 Å². The summed E-state index contributed by atoms with van der Waals surface area (Å²) in [6.07, 6.45) is 0. The highest BCUT2D eigenvalue weighted by Crippen LogP contribution is 2.21. The molecule has 1 aromatic carbocycles. The smallest absolute Gasteiger partial charge is 0.253 e. The first-order valence-corrected chi connectivity index (χ1v) is 5.74. The molecule has 0 saturated carbocycles. The third kappa shape index (κ3) is 2.58. The minimum absolute atomic E-state index is 0.0389. The van der Waals surface area contributed by atoms with Crippen LogP contribution in [0.1, 0.15) is 24.2 Å². The number of benzene rings is 1. The first-order chi connectivity index (χ1) is 7.51. The molecular formula is C11H12BrF2NO. The summed E-state index contributed by atoms with van der Waals surface area (Å²) in [6, 6.07) is 2.21. The third-order valence-electron chi connectivity index (χ3n) is 2.28. The van der Waals surface area contributed by atoms with Crippen molar-refractivity contribution < 1.29 is 13.6 Å². The summed E-state index contributed by atoms with van der Waals surface area (Å²) in [5.74, 6) is -2.30. The minimum atomic E-state index is -1.02. The second kappa shape index (κ2) is 5.39. The van der Waals surface area contributed by atoms with Crippen molar-refractivity contribution in [2.45, 2.75) is 13.8 Å². The summed E-state index contributed by atoms with van der Waals surface area (Å²) in [6.45, 7) is 4.73. The fourth-order valence-electron chi connectivity index (χ4n) is 1.37. The van der Waals surface area contributed by atoms with Gasteiger partial charge >= 0.3 is 0 Å². The van der Waals surface area contributed by atoms with E-state index in [2.05, 4.69) is 15.9 Å². The molecule has 2 nitrogen and oxygen atoms in total. The summed E-state index contributed by atoms with van der Waals surface area (Å²) in [7, 11) is 0. The molecule has 0 radical (unpaired) electrons. The highest BCUT2D eigenvalue weighted by molar-refractivity contribution is 9.10. The number of hydrogen-bond donors (Lipinski definition) is 0. The molecule has 0 unspecified atom stereocenters. The molecule has 0 aromatic heterocycles. The number of carbonyl (C=O) groups is 1. The van der Waals surface area contributed by atoms with Crippen LogP contribution >= 0.6 is 15.9 Å². The zero-order chi connectivity index (χ0) is 12.3. The molecule has 88 valence electrons. The fraction of sp³-hybridized carbons (Fsp3) is 0.364. The van der Waals surface area contributed by atoms with Gasteiger partial charge in [-0.3, -0.25) is 4.79 Å². The maximum atomic E-state index is 13.1. The van der Waals surface area contributed by atoms with Crippen LogP contribution < -0.4 is 0 Å². The molecule has 0 atom stereocenters. The molecule has 0 aliphatic rings. The molecule has 1 rings (SSSR count). The lowest BCUT2D eigenvalue weighted by molar-refractivity contribution is 0.0772. The predicted octanol–water partition coefficient (Wildman–Crippen LogP) is 3.21. The van der Waals surface area contributed by atoms with Gasteiger partial charge in [0.05, 0.1) is 4.47 Å². The van der Waals surface area contributed by atoms with Crippen molar-refractivity contribution in [2.75, 3.05) is 13.1 Å². The van der Waals surface area contributed by atoms with Crippen LogP contribution in [0.2, 0.25) is 0 Å². The van der Waals surface area contributed by atoms with Crippen LogP contribution in [-0.2, 0) is 0 Å². The van der Waals surface area contributed by atoms with Gasteiger partial charge in [0.1, 0.15) is 0 Å². The van der Waals surface area contributed by atoms with E-state index < -0.39 is 11.6 Å². The maximum Gasteiger partial charge on any atom is 0.253 e. The number of halogens is 3. The Kier molecular flexibility index (Phi) is 4.41. The number of amides is 1. The first kappa shape index (κ1) is 13.1. The highest BCUT2D eigenvalue weighted by Gasteiger charge is 2.16. The Bertz CT molecular complexity index is 382. The van der Waals surface area contributed by atoms with Gasteiger partial charge in [-0.15, -0.1) is 0 Å². The van der Waals surface area contributed by atoms with E-state index in [1.165, 1.54) is 6.07 Å². The van der Waals surface area contributed by atoms with Gasteiger partial charge in [0.2, 0.25) is 0 Å². The van der Waals surface area contributed by atoms with Crippen molar-refractivity contribution >= 4 is 21.8 Å². The number of rotatable bonds is 3. The number of nitrogens with zero attached hydrogens (tertiary/aromatic N) is 1. The Morgan fingerprint density at radius 3 is 2.31 bits per heavy atom. The summed E-state index contributed by atoms with van der Waals surface area (Å²) >= 11 is 2.87. The summed E-state index contributed by atoms with van der Waals surface area (Å²) in [4.78, 5) is 13.4. The molecule has 0 saturated heterocycles. The monoisotopic (exact) mass is 291 g/mol. The van der Waals surface area contributed by atoms with Gasteiger partial charge in [-0.1, -0.05) is 0 Å². The van der Waals surface area contributed by atoms with Crippen molar-refractivity contribution in [1.29, 1.82) is 0 Å². The predicted molar refractivity (Wildman–Crippen MR) is 61.3 cm³/mol. The minimum Gasteiger partial charge on any atom is -0.339 e. The van der Waals surface area contributed by atoms with E-state index in [1.54, 1.807) is 4.90 Å². The van der Waals surface area contributed by atoms with Gasteiger partial charge < -0.3 is 4.90 Å². The fourth-order valence-corrected chi connectivity index (χ4v) is 1.81. The molecule has 0 heterocycles. The van der Waals surface area contributed by atoms with E-state index in [9.17, 15) is 13.6 Å². The molecule has 0 fully saturated rings. The van der Waals surface area contributed by atoms with E-state index in [1.807, 2.05) is 13.8 Å². The molecule has 5 heteroatoms. The van der Waals surface area contributed by atoms with Gasteiger partial charge in [-0.05, 0) is 41.9 Å². The summed E-state index contributed by atoms with van der Waals surface area (Å²) in [5.41, 5.74) is 0.148. The number of carbonyl (C=O) groups excluding carboxylic acids is 1. The standard InChI is InChI=1S/C11H12BrF2NO/c1-3-15(4-2)11(16)7-5-8(12)10(14)9(13)6-7/h5-6H,3-4H2,1-2H3. The van der Waals surface area contributed by atoms with E-state index in [0.717, 1.165) is 6.07 Å². The van der Waals surface area contributed by atoms with E-state index in [0.29, 0.717) is 13.1 Å². The maximum absolute atomic E-state index is 13.1. The van der Waals surface area contributed by atoms with E-state index in [-0.39, 0.29) is 15.9 Å².